The molecule has 0 spiro atoms. The Morgan fingerprint density at radius 1 is 1.50 bits per heavy atom. The molecule has 0 fully saturated rings. The van der Waals surface area contributed by atoms with Gasteiger partial charge in [0.25, 0.3) is 5.69 Å². The zero-order chi connectivity index (χ0) is 12.0. The van der Waals surface area contributed by atoms with E-state index < -0.39 is 4.92 Å². The van der Waals surface area contributed by atoms with Crippen molar-refractivity contribution in [2.45, 2.75) is 26.4 Å². The van der Waals surface area contributed by atoms with E-state index in [2.05, 4.69) is 0 Å². The quantitative estimate of drug-likeness (QED) is 0.458. The van der Waals surface area contributed by atoms with Crippen LogP contribution in [0.2, 0.25) is 0 Å². The minimum atomic E-state index is -0.478. The Bertz CT molecular complexity index is 365. The van der Waals surface area contributed by atoms with Gasteiger partial charge in [-0.2, -0.15) is 0 Å². The molecule has 1 aromatic carbocycles. The Kier molecular flexibility index (Phi) is 4.72. The van der Waals surface area contributed by atoms with E-state index in [1.165, 1.54) is 18.2 Å². The highest BCUT2D eigenvalue weighted by Crippen LogP contribution is 2.25. The summed E-state index contributed by atoms with van der Waals surface area (Å²) >= 11 is 0. The zero-order valence-corrected chi connectivity index (χ0v) is 9.18. The van der Waals surface area contributed by atoms with Crippen LogP contribution >= 0.6 is 0 Å². The van der Waals surface area contributed by atoms with Crippen molar-refractivity contribution in [1.82, 2.24) is 0 Å². The summed E-state index contributed by atoms with van der Waals surface area (Å²) in [6, 6.07) is 4.22. The van der Waals surface area contributed by atoms with Crippen LogP contribution < -0.4 is 4.74 Å². The van der Waals surface area contributed by atoms with Crippen molar-refractivity contribution in [2.75, 3.05) is 6.61 Å². The van der Waals surface area contributed by atoms with E-state index in [1.807, 2.05) is 6.92 Å². The lowest BCUT2D eigenvalue weighted by atomic mass is 10.2. The Morgan fingerprint density at radius 2 is 2.25 bits per heavy atom. The van der Waals surface area contributed by atoms with Gasteiger partial charge in [-0.3, -0.25) is 10.1 Å². The van der Waals surface area contributed by atoms with Crippen molar-refractivity contribution < 1.29 is 14.8 Å². The number of ether oxygens (including phenoxy) is 1. The fraction of sp³-hybridized carbons (Fsp3) is 0.455. The number of nitro groups is 1. The zero-order valence-electron chi connectivity index (χ0n) is 9.18. The highest BCUT2D eigenvalue weighted by molar-refractivity contribution is 5.44. The summed E-state index contributed by atoms with van der Waals surface area (Å²) in [5.74, 6) is 0.394. The molecule has 1 N–H and O–H groups in total. The Morgan fingerprint density at radius 3 is 2.81 bits per heavy atom. The van der Waals surface area contributed by atoms with Gasteiger partial charge in [-0.25, -0.2) is 0 Å². The van der Waals surface area contributed by atoms with Crippen LogP contribution in [-0.2, 0) is 6.61 Å². The van der Waals surface area contributed by atoms with Crippen LogP contribution in [0.3, 0.4) is 0 Å². The molecule has 0 aromatic heterocycles. The SMILES string of the molecule is CCCCOc1cc([N+](=O)[O-])ccc1CO. The number of nitro benzene ring substituents is 1. The first kappa shape index (κ1) is 12.4. The van der Waals surface area contributed by atoms with Crippen molar-refractivity contribution in [3.63, 3.8) is 0 Å². The summed E-state index contributed by atoms with van der Waals surface area (Å²) in [7, 11) is 0. The number of aliphatic hydroxyl groups excluding tert-OH is 1. The lowest BCUT2D eigenvalue weighted by molar-refractivity contribution is -0.385. The molecule has 0 bridgehead atoms. The van der Waals surface area contributed by atoms with Crippen molar-refractivity contribution in [2.24, 2.45) is 0 Å². The van der Waals surface area contributed by atoms with Crippen LogP contribution in [0.1, 0.15) is 25.3 Å². The average Bonchev–Trinajstić information content (AvgIpc) is 2.29. The number of non-ortho nitro benzene ring substituents is 1. The Labute approximate surface area is 93.8 Å². The first-order valence-corrected chi connectivity index (χ1v) is 5.20. The van der Waals surface area contributed by atoms with Gasteiger partial charge in [0.15, 0.2) is 0 Å². The molecule has 0 saturated carbocycles. The van der Waals surface area contributed by atoms with E-state index in [0.717, 1.165) is 12.8 Å². The number of hydrogen-bond acceptors (Lipinski definition) is 4. The number of nitrogens with zero attached hydrogens (tertiary/aromatic N) is 1. The predicted molar refractivity (Wildman–Crippen MR) is 59.4 cm³/mol. The normalized spacial score (nSPS) is 10.1. The molecule has 16 heavy (non-hydrogen) atoms. The summed E-state index contributed by atoms with van der Waals surface area (Å²) in [5.41, 5.74) is 0.547. The Hall–Kier alpha value is -1.62. The largest absolute Gasteiger partial charge is 0.493 e. The van der Waals surface area contributed by atoms with Crippen LogP contribution in [0, 0.1) is 10.1 Å². The Balaban J connectivity index is 2.84. The predicted octanol–water partition coefficient (Wildman–Crippen LogP) is 2.27. The molecular weight excluding hydrogens is 210 g/mol. The smallest absolute Gasteiger partial charge is 0.273 e. The van der Waals surface area contributed by atoms with E-state index in [4.69, 9.17) is 9.84 Å². The van der Waals surface area contributed by atoms with Crippen molar-refractivity contribution in [3.8, 4) is 5.75 Å². The second kappa shape index (κ2) is 6.07. The fourth-order valence-electron chi connectivity index (χ4n) is 1.25. The van der Waals surface area contributed by atoms with Crippen molar-refractivity contribution >= 4 is 5.69 Å². The minimum absolute atomic E-state index is 0.0244. The van der Waals surface area contributed by atoms with Gasteiger partial charge in [0, 0.05) is 11.6 Å². The number of unbranched alkanes of at least 4 members (excludes halogenated alkanes) is 1. The fourth-order valence-corrected chi connectivity index (χ4v) is 1.25. The summed E-state index contributed by atoms with van der Waals surface area (Å²) in [4.78, 5) is 10.1. The molecule has 0 saturated heterocycles. The first-order valence-electron chi connectivity index (χ1n) is 5.20. The maximum atomic E-state index is 10.6. The molecule has 0 unspecified atom stereocenters. The third-order valence-electron chi connectivity index (χ3n) is 2.19. The molecule has 0 radical (unpaired) electrons. The molecule has 0 aliphatic heterocycles. The first-order chi connectivity index (χ1) is 7.69. The summed E-state index contributed by atoms with van der Waals surface area (Å²) in [6.45, 7) is 2.36. The topological polar surface area (TPSA) is 72.6 Å². The number of rotatable bonds is 6. The van der Waals surface area contributed by atoms with Crippen LogP contribution in [0.15, 0.2) is 18.2 Å². The van der Waals surface area contributed by atoms with Crippen LogP contribution in [0.4, 0.5) is 5.69 Å². The third kappa shape index (κ3) is 3.20. The molecule has 0 aliphatic rings. The summed E-state index contributed by atoms with van der Waals surface area (Å²) in [6.07, 6.45) is 1.87. The molecule has 5 heteroatoms. The van der Waals surface area contributed by atoms with Gasteiger partial charge in [-0.15, -0.1) is 0 Å². The van der Waals surface area contributed by atoms with Gasteiger partial charge in [0.05, 0.1) is 24.2 Å². The summed E-state index contributed by atoms with van der Waals surface area (Å²) in [5, 5.41) is 19.6. The monoisotopic (exact) mass is 225 g/mol. The third-order valence-corrected chi connectivity index (χ3v) is 2.19. The number of aliphatic hydroxyl groups is 1. The number of benzene rings is 1. The molecule has 0 aliphatic carbocycles. The van der Waals surface area contributed by atoms with E-state index in [-0.39, 0.29) is 12.3 Å². The second-order valence-electron chi connectivity index (χ2n) is 3.41. The van der Waals surface area contributed by atoms with Crippen molar-refractivity contribution in [3.05, 3.63) is 33.9 Å². The van der Waals surface area contributed by atoms with Gasteiger partial charge in [0.1, 0.15) is 5.75 Å². The standard InChI is InChI=1S/C11H15NO4/c1-2-3-6-16-11-7-10(12(14)15)5-4-9(11)8-13/h4-5,7,13H,2-3,6,8H2,1H3. The van der Waals surface area contributed by atoms with Crippen LogP contribution in [0.5, 0.6) is 5.75 Å². The molecule has 1 aromatic rings. The molecule has 5 nitrogen and oxygen atoms in total. The van der Waals surface area contributed by atoms with Gasteiger partial charge < -0.3 is 9.84 Å². The molecule has 88 valence electrons. The lowest BCUT2D eigenvalue weighted by Gasteiger charge is -2.09. The molecule has 1 rings (SSSR count). The highest BCUT2D eigenvalue weighted by atomic mass is 16.6. The van der Waals surface area contributed by atoms with Gasteiger partial charge in [-0.1, -0.05) is 13.3 Å². The van der Waals surface area contributed by atoms with Crippen LogP contribution in [-0.4, -0.2) is 16.6 Å². The highest BCUT2D eigenvalue weighted by Gasteiger charge is 2.11. The van der Waals surface area contributed by atoms with Gasteiger partial charge in [0.2, 0.25) is 0 Å². The van der Waals surface area contributed by atoms with Crippen molar-refractivity contribution in [1.29, 1.82) is 0 Å². The number of hydrogen-bond donors (Lipinski definition) is 1. The maximum absolute atomic E-state index is 10.6. The maximum Gasteiger partial charge on any atom is 0.273 e. The molecule has 0 amide bonds. The minimum Gasteiger partial charge on any atom is -0.493 e. The van der Waals surface area contributed by atoms with Gasteiger partial charge in [-0.05, 0) is 12.5 Å². The van der Waals surface area contributed by atoms with E-state index in [0.29, 0.717) is 17.9 Å². The second-order valence-corrected chi connectivity index (χ2v) is 3.41. The van der Waals surface area contributed by atoms with E-state index in [9.17, 15) is 10.1 Å². The average molecular weight is 225 g/mol. The molecular formula is C11H15NO4. The van der Waals surface area contributed by atoms with Gasteiger partial charge >= 0.3 is 0 Å². The molecule has 0 atom stereocenters. The van der Waals surface area contributed by atoms with E-state index in [1.54, 1.807) is 0 Å². The van der Waals surface area contributed by atoms with E-state index >= 15 is 0 Å². The van der Waals surface area contributed by atoms with Crippen LogP contribution in [0.25, 0.3) is 0 Å². The lowest BCUT2D eigenvalue weighted by Crippen LogP contribution is -2.01. The molecule has 0 heterocycles. The summed E-state index contributed by atoms with van der Waals surface area (Å²) < 4.78 is 5.39.